The summed E-state index contributed by atoms with van der Waals surface area (Å²) < 4.78 is 8.21. The fourth-order valence-corrected chi connectivity index (χ4v) is 6.77. The standard InChI is InChI=1S/C33H27N5O6S2/c1-4-44-32(43)20-14-16-21(17-15-20)34-25(39)18-36-24-13-9-8-12-23(24)26(29(36)40)28-31(42)37(33(45)46-28)27-19(2)35(3)38(30(27)41)22-10-6-5-7-11-22/h5-17H,4,18H2,1-3H3,(H,34,39)/b28-26-. The molecule has 4 aromatic rings. The lowest BCUT2D eigenvalue weighted by atomic mass is 10.1. The highest BCUT2D eigenvalue weighted by Gasteiger charge is 2.44. The van der Waals surface area contributed by atoms with Crippen molar-refractivity contribution >= 4 is 74.6 Å². The molecule has 13 heteroatoms. The minimum absolute atomic E-state index is 0.0776. The molecule has 0 spiro atoms. The van der Waals surface area contributed by atoms with Gasteiger partial charge in [-0.3, -0.25) is 33.7 Å². The summed E-state index contributed by atoms with van der Waals surface area (Å²) in [6, 6.07) is 22.1. The molecule has 2 aliphatic rings. The average Bonchev–Trinajstić information content (AvgIpc) is 3.57. The van der Waals surface area contributed by atoms with Gasteiger partial charge in [0.25, 0.3) is 17.4 Å². The molecule has 0 aliphatic carbocycles. The van der Waals surface area contributed by atoms with Crippen LogP contribution in [0.4, 0.5) is 17.1 Å². The van der Waals surface area contributed by atoms with Gasteiger partial charge in [-0.1, -0.05) is 60.4 Å². The summed E-state index contributed by atoms with van der Waals surface area (Å²) in [5.74, 6) is -2.09. The normalized spacial score (nSPS) is 15.8. The Hall–Kier alpha value is -5.27. The van der Waals surface area contributed by atoms with Crippen LogP contribution in [0.1, 0.15) is 28.5 Å². The molecule has 232 valence electrons. The van der Waals surface area contributed by atoms with E-state index < -0.39 is 29.3 Å². The van der Waals surface area contributed by atoms with E-state index in [1.807, 2.05) is 18.2 Å². The number of nitrogens with zero attached hydrogens (tertiary/aromatic N) is 4. The van der Waals surface area contributed by atoms with Gasteiger partial charge in [0.05, 0.1) is 39.7 Å². The van der Waals surface area contributed by atoms with Gasteiger partial charge < -0.3 is 10.1 Å². The number of esters is 1. The van der Waals surface area contributed by atoms with E-state index in [4.69, 9.17) is 17.0 Å². The van der Waals surface area contributed by atoms with Crippen molar-refractivity contribution in [2.75, 3.05) is 28.3 Å². The summed E-state index contributed by atoms with van der Waals surface area (Å²) in [6.07, 6.45) is 0. The number of carbonyl (C=O) groups is 4. The van der Waals surface area contributed by atoms with Gasteiger partial charge in [-0.2, -0.15) is 0 Å². The Kier molecular flexibility index (Phi) is 8.19. The summed E-state index contributed by atoms with van der Waals surface area (Å²) in [5, 5.41) is 2.74. The summed E-state index contributed by atoms with van der Waals surface area (Å²) in [4.78, 5) is 69.3. The number of thioether (sulfide) groups is 1. The van der Waals surface area contributed by atoms with Crippen LogP contribution in [-0.4, -0.2) is 50.5 Å². The molecule has 1 fully saturated rings. The van der Waals surface area contributed by atoms with Gasteiger partial charge in [0.15, 0.2) is 4.32 Å². The van der Waals surface area contributed by atoms with Crippen LogP contribution in [0.15, 0.2) is 88.6 Å². The molecule has 0 bridgehead atoms. The SMILES string of the molecule is CCOC(=O)c1ccc(NC(=O)CN2C(=O)/C(=C3\SC(=S)N(c4c(C)n(C)n(-c5ccccc5)c4=O)C3=O)c3ccccc32)cc1. The van der Waals surface area contributed by atoms with Crippen LogP contribution in [0.3, 0.4) is 0 Å². The predicted octanol–water partition coefficient (Wildman–Crippen LogP) is 4.42. The summed E-state index contributed by atoms with van der Waals surface area (Å²) >= 11 is 6.55. The highest BCUT2D eigenvalue weighted by molar-refractivity contribution is 8.27. The number of thiocarbonyl (C=S) groups is 1. The quantitative estimate of drug-likeness (QED) is 0.177. The highest BCUT2D eigenvalue weighted by Crippen LogP contribution is 2.45. The molecule has 3 heterocycles. The lowest BCUT2D eigenvalue weighted by Crippen LogP contribution is -2.36. The number of benzene rings is 3. The van der Waals surface area contributed by atoms with E-state index in [2.05, 4.69) is 5.32 Å². The van der Waals surface area contributed by atoms with Crippen molar-refractivity contribution in [2.45, 2.75) is 13.8 Å². The molecule has 1 aromatic heterocycles. The molecule has 3 amide bonds. The lowest BCUT2D eigenvalue weighted by Gasteiger charge is -2.17. The van der Waals surface area contributed by atoms with Gasteiger partial charge >= 0.3 is 5.97 Å². The molecule has 1 N–H and O–H groups in total. The van der Waals surface area contributed by atoms with Crippen molar-refractivity contribution in [2.24, 2.45) is 7.05 Å². The zero-order valence-corrected chi connectivity index (χ0v) is 26.6. The van der Waals surface area contributed by atoms with Gasteiger partial charge in [0.1, 0.15) is 12.2 Å². The van der Waals surface area contributed by atoms with Crippen LogP contribution in [0.5, 0.6) is 0 Å². The van der Waals surface area contributed by atoms with Crippen molar-refractivity contribution in [3.05, 3.63) is 111 Å². The monoisotopic (exact) mass is 653 g/mol. The van der Waals surface area contributed by atoms with Crippen molar-refractivity contribution in [1.82, 2.24) is 9.36 Å². The topological polar surface area (TPSA) is 123 Å². The Bertz CT molecular complexity index is 2030. The molecule has 0 unspecified atom stereocenters. The van der Waals surface area contributed by atoms with Crippen LogP contribution in [0.2, 0.25) is 0 Å². The number of amides is 3. The Morgan fingerprint density at radius 2 is 1.59 bits per heavy atom. The summed E-state index contributed by atoms with van der Waals surface area (Å²) in [5.41, 5.74) is 2.63. The first-order chi connectivity index (χ1) is 22.1. The molecule has 0 saturated carbocycles. The number of anilines is 3. The smallest absolute Gasteiger partial charge is 0.338 e. The Balaban J connectivity index is 1.30. The van der Waals surface area contributed by atoms with Gasteiger partial charge in [0.2, 0.25) is 5.91 Å². The maximum absolute atomic E-state index is 14.0. The van der Waals surface area contributed by atoms with Crippen LogP contribution in [-0.2, 0) is 26.2 Å². The maximum Gasteiger partial charge on any atom is 0.338 e. The maximum atomic E-state index is 14.0. The number of carbonyl (C=O) groups excluding carboxylic acids is 4. The Labute approximate surface area is 273 Å². The van der Waals surface area contributed by atoms with Gasteiger partial charge in [0, 0.05) is 18.3 Å². The van der Waals surface area contributed by atoms with Crippen molar-refractivity contribution in [3.8, 4) is 5.69 Å². The second-order valence-corrected chi connectivity index (χ2v) is 12.0. The van der Waals surface area contributed by atoms with E-state index in [1.54, 1.807) is 74.1 Å². The first kappa shape index (κ1) is 30.7. The fourth-order valence-electron chi connectivity index (χ4n) is 5.43. The minimum Gasteiger partial charge on any atom is -0.462 e. The van der Waals surface area contributed by atoms with E-state index in [0.717, 1.165) is 11.8 Å². The molecule has 11 nitrogen and oxygen atoms in total. The molecule has 3 aromatic carbocycles. The van der Waals surface area contributed by atoms with E-state index >= 15 is 0 Å². The van der Waals surface area contributed by atoms with Crippen LogP contribution in [0.25, 0.3) is 11.3 Å². The van der Waals surface area contributed by atoms with Gasteiger partial charge in [-0.05, 0) is 56.3 Å². The molecule has 6 rings (SSSR count). The number of nitrogens with one attached hydrogen (secondary N) is 1. The molecule has 1 saturated heterocycles. The van der Waals surface area contributed by atoms with Crippen molar-refractivity contribution in [3.63, 3.8) is 0 Å². The van der Waals surface area contributed by atoms with Crippen molar-refractivity contribution < 1.29 is 23.9 Å². The number of hydrogen-bond acceptors (Lipinski definition) is 8. The van der Waals surface area contributed by atoms with Crippen LogP contribution < -0.4 is 20.7 Å². The van der Waals surface area contributed by atoms with E-state index in [-0.39, 0.29) is 33.6 Å². The Morgan fingerprint density at radius 3 is 2.28 bits per heavy atom. The molecule has 0 atom stereocenters. The highest BCUT2D eigenvalue weighted by atomic mass is 32.2. The molecule has 46 heavy (non-hydrogen) atoms. The van der Waals surface area contributed by atoms with E-state index in [1.165, 1.54) is 26.6 Å². The average molecular weight is 654 g/mol. The zero-order valence-electron chi connectivity index (χ0n) is 25.0. The third-order valence-electron chi connectivity index (χ3n) is 7.65. The number of para-hydroxylation sites is 2. The minimum atomic E-state index is -0.591. The molecular weight excluding hydrogens is 627 g/mol. The Morgan fingerprint density at radius 1 is 0.913 bits per heavy atom. The largest absolute Gasteiger partial charge is 0.462 e. The third-order valence-corrected chi connectivity index (χ3v) is 9.02. The fraction of sp³-hybridized carbons (Fsp3) is 0.152. The molecule has 2 aliphatic heterocycles. The van der Waals surface area contributed by atoms with Crippen LogP contribution >= 0.6 is 24.0 Å². The van der Waals surface area contributed by atoms with Gasteiger partial charge in [-0.25, -0.2) is 9.48 Å². The second kappa shape index (κ2) is 12.3. The molecule has 0 radical (unpaired) electrons. The lowest BCUT2D eigenvalue weighted by molar-refractivity contribution is -0.118. The number of ether oxygens (including phenoxy) is 1. The zero-order chi connectivity index (χ0) is 32.7. The number of hydrogen-bond donors (Lipinski definition) is 1. The van der Waals surface area contributed by atoms with Crippen molar-refractivity contribution in [1.29, 1.82) is 0 Å². The number of fused-ring (bicyclic) bond motifs is 1. The third kappa shape index (κ3) is 5.22. The number of aromatic nitrogens is 2. The first-order valence-corrected chi connectivity index (χ1v) is 15.5. The van der Waals surface area contributed by atoms with E-state index in [9.17, 15) is 24.0 Å². The van der Waals surface area contributed by atoms with Gasteiger partial charge in [-0.15, -0.1) is 0 Å². The first-order valence-electron chi connectivity index (χ1n) is 14.2. The van der Waals surface area contributed by atoms with Crippen LogP contribution in [0, 0.1) is 6.92 Å². The number of rotatable bonds is 7. The predicted molar refractivity (Wildman–Crippen MR) is 180 cm³/mol. The second-order valence-electron chi connectivity index (χ2n) is 10.4. The summed E-state index contributed by atoms with van der Waals surface area (Å²) in [6.45, 7) is 3.35. The summed E-state index contributed by atoms with van der Waals surface area (Å²) in [7, 11) is 1.72. The molecular formula is C33H27N5O6S2. The van der Waals surface area contributed by atoms with E-state index in [0.29, 0.717) is 33.9 Å².